The Morgan fingerprint density at radius 2 is 2.04 bits per heavy atom. The molecule has 0 aliphatic carbocycles. The minimum atomic E-state index is -2.96. The third-order valence-electron chi connectivity index (χ3n) is 3.02. The lowest BCUT2D eigenvalue weighted by Crippen LogP contribution is -2.17. The van der Waals surface area contributed by atoms with Crippen molar-refractivity contribution < 1.29 is 27.9 Å². The molecule has 0 bridgehead atoms. The molecule has 6 nitrogen and oxygen atoms in total. The minimum absolute atomic E-state index is 0.0975. The Bertz CT molecular complexity index is 787. The zero-order valence-corrected chi connectivity index (χ0v) is 14.4. The number of oxime groups is 1. The number of nitrogens with one attached hydrogen (secondary N) is 1. The molecule has 0 fully saturated rings. The van der Waals surface area contributed by atoms with Gasteiger partial charge in [0.15, 0.2) is 18.1 Å². The molecule has 2 rings (SSSR count). The fraction of sp³-hybridized carbons (Fsp3) is 0.176. The zero-order chi connectivity index (χ0) is 18.9. The number of carbonyl (C=O) groups excluding carboxylic acids is 1. The van der Waals surface area contributed by atoms with Crippen molar-refractivity contribution >= 4 is 29.4 Å². The maximum absolute atomic E-state index is 12.3. The molecular formula is C17H15ClF2N2O4. The number of ether oxygens (including phenoxy) is 2. The Hall–Kier alpha value is -2.87. The van der Waals surface area contributed by atoms with Gasteiger partial charge in [0, 0.05) is 5.56 Å². The Kier molecular flexibility index (Phi) is 7.16. The van der Waals surface area contributed by atoms with Crippen molar-refractivity contribution in [3.8, 4) is 11.5 Å². The smallest absolute Gasteiger partial charge is 0.387 e. The Morgan fingerprint density at radius 3 is 2.73 bits per heavy atom. The summed E-state index contributed by atoms with van der Waals surface area (Å²) in [6.45, 7) is -3.28. The molecule has 0 unspecified atom stereocenters. The number of benzene rings is 2. The molecule has 2 aromatic rings. The molecule has 0 atom stereocenters. The number of hydrogen-bond donors (Lipinski definition) is 1. The lowest BCUT2D eigenvalue weighted by atomic mass is 10.2. The van der Waals surface area contributed by atoms with Crippen molar-refractivity contribution in [2.24, 2.45) is 5.16 Å². The number of methoxy groups -OCH3 is 1. The van der Waals surface area contributed by atoms with Crippen LogP contribution in [-0.2, 0) is 9.63 Å². The van der Waals surface area contributed by atoms with Gasteiger partial charge in [-0.1, -0.05) is 28.9 Å². The second-order valence-electron chi connectivity index (χ2n) is 4.82. The largest absolute Gasteiger partial charge is 0.493 e. The van der Waals surface area contributed by atoms with Crippen LogP contribution in [0.15, 0.2) is 47.6 Å². The second kappa shape index (κ2) is 9.57. The Balaban J connectivity index is 1.88. The molecule has 0 saturated carbocycles. The van der Waals surface area contributed by atoms with Crippen molar-refractivity contribution in [2.75, 3.05) is 19.0 Å². The molecule has 0 aliphatic rings. The molecule has 26 heavy (non-hydrogen) atoms. The maximum atomic E-state index is 12.3. The number of para-hydroxylation sites is 1. The summed E-state index contributed by atoms with van der Waals surface area (Å²) in [5, 5.41) is 6.63. The van der Waals surface area contributed by atoms with Gasteiger partial charge in [0.05, 0.1) is 24.0 Å². The summed E-state index contributed by atoms with van der Waals surface area (Å²) in [5.74, 6) is -0.418. The average Bonchev–Trinajstić information content (AvgIpc) is 2.61. The summed E-state index contributed by atoms with van der Waals surface area (Å²) in [6.07, 6.45) is 1.30. The molecule has 1 amide bonds. The molecule has 9 heteroatoms. The Labute approximate surface area is 153 Å². The Morgan fingerprint density at radius 1 is 1.27 bits per heavy atom. The van der Waals surface area contributed by atoms with Crippen LogP contribution in [0.1, 0.15) is 5.56 Å². The van der Waals surface area contributed by atoms with Gasteiger partial charge in [-0.3, -0.25) is 4.79 Å². The van der Waals surface area contributed by atoms with Crippen LogP contribution >= 0.6 is 11.6 Å². The van der Waals surface area contributed by atoms with Gasteiger partial charge in [-0.2, -0.15) is 8.78 Å². The first-order chi connectivity index (χ1) is 12.5. The maximum Gasteiger partial charge on any atom is 0.387 e. The first-order valence-corrected chi connectivity index (χ1v) is 7.70. The van der Waals surface area contributed by atoms with E-state index >= 15 is 0 Å². The lowest BCUT2D eigenvalue weighted by Gasteiger charge is -2.09. The van der Waals surface area contributed by atoms with E-state index in [0.29, 0.717) is 16.3 Å². The minimum Gasteiger partial charge on any atom is -0.493 e. The number of rotatable bonds is 8. The molecule has 0 heterocycles. The van der Waals surface area contributed by atoms with Crippen LogP contribution in [0.3, 0.4) is 0 Å². The summed E-state index contributed by atoms with van der Waals surface area (Å²) in [6, 6.07) is 11.0. The van der Waals surface area contributed by atoms with Gasteiger partial charge in [-0.05, 0) is 30.3 Å². The highest BCUT2D eigenvalue weighted by atomic mass is 35.5. The first-order valence-electron chi connectivity index (χ1n) is 7.32. The molecule has 0 aliphatic heterocycles. The standard InChI is InChI=1S/C17H15ClF2N2O4/c1-24-15-8-11(6-7-14(15)26-17(19)20)9-21-25-10-16(23)22-13-5-3-2-4-12(13)18/h2-9,17H,10H2,1H3,(H,22,23). The van der Waals surface area contributed by atoms with E-state index in [0.717, 1.165) is 0 Å². The van der Waals surface area contributed by atoms with Gasteiger partial charge in [-0.15, -0.1) is 0 Å². The molecule has 0 saturated heterocycles. The van der Waals surface area contributed by atoms with Crippen LogP contribution in [0, 0.1) is 0 Å². The van der Waals surface area contributed by atoms with E-state index in [4.69, 9.17) is 21.2 Å². The van der Waals surface area contributed by atoms with E-state index in [2.05, 4.69) is 15.2 Å². The number of halogens is 3. The molecule has 1 N–H and O–H groups in total. The zero-order valence-electron chi connectivity index (χ0n) is 13.6. The van der Waals surface area contributed by atoms with E-state index < -0.39 is 12.5 Å². The quantitative estimate of drug-likeness (QED) is 0.553. The molecule has 0 radical (unpaired) electrons. The normalized spacial score (nSPS) is 10.8. The van der Waals surface area contributed by atoms with E-state index in [1.807, 2.05) is 0 Å². The fourth-order valence-electron chi connectivity index (χ4n) is 1.90. The number of alkyl halides is 2. The van der Waals surface area contributed by atoms with Crippen molar-refractivity contribution in [3.63, 3.8) is 0 Å². The average molecular weight is 385 g/mol. The number of carbonyl (C=O) groups is 1. The topological polar surface area (TPSA) is 69.2 Å². The van der Waals surface area contributed by atoms with Crippen molar-refractivity contribution in [1.29, 1.82) is 0 Å². The number of hydrogen-bond acceptors (Lipinski definition) is 5. The predicted molar refractivity (Wildman–Crippen MR) is 93.3 cm³/mol. The van der Waals surface area contributed by atoms with Gasteiger partial charge in [0.25, 0.3) is 5.91 Å². The van der Waals surface area contributed by atoms with Crippen molar-refractivity contribution in [2.45, 2.75) is 6.61 Å². The molecule has 2 aromatic carbocycles. The van der Waals surface area contributed by atoms with E-state index in [-0.39, 0.29) is 18.1 Å². The van der Waals surface area contributed by atoms with Crippen LogP contribution in [0.25, 0.3) is 0 Å². The molecule has 138 valence electrons. The highest BCUT2D eigenvalue weighted by molar-refractivity contribution is 6.33. The van der Waals surface area contributed by atoms with Gasteiger partial charge in [0.2, 0.25) is 0 Å². The van der Waals surface area contributed by atoms with Crippen molar-refractivity contribution in [1.82, 2.24) is 0 Å². The van der Waals surface area contributed by atoms with Crippen molar-refractivity contribution in [3.05, 3.63) is 53.1 Å². The summed E-state index contributed by atoms with van der Waals surface area (Å²) in [7, 11) is 1.32. The monoisotopic (exact) mass is 384 g/mol. The number of anilines is 1. The predicted octanol–water partition coefficient (Wildman–Crippen LogP) is 3.94. The number of amides is 1. The summed E-state index contributed by atoms with van der Waals surface area (Å²) in [5.41, 5.74) is 0.973. The van der Waals surface area contributed by atoms with Gasteiger partial charge in [-0.25, -0.2) is 0 Å². The van der Waals surface area contributed by atoms with Crippen LogP contribution in [0.5, 0.6) is 11.5 Å². The summed E-state index contributed by atoms with van der Waals surface area (Å²) in [4.78, 5) is 16.6. The van der Waals surface area contributed by atoms with Gasteiger partial charge in [0.1, 0.15) is 0 Å². The lowest BCUT2D eigenvalue weighted by molar-refractivity contribution is -0.120. The highest BCUT2D eigenvalue weighted by Gasteiger charge is 2.10. The van der Waals surface area contributed by atoms with E-state index in [9.17, 15) is 13.6 Å². The molecule has 0 aromatic heterocycles. The van der Waals surface area contributed by atoms with E-state index in [1.165, 1.54) is 31.5 Å². The van der Waals surface area contributed by atoms with Gasteiger partial charge >= 0.3 is 6.61 Å². The van der Waals surface area contributed by atoms with Crippen LogP contribution < -0.4 is 14.8 Å². The first kappa shape index (κ1) is 19.5. The molecular weight excluding hydrogens is 370 g/mol. The van der Waals surface area contributed by atoms with Crippen LogP contribution in [-0.4, -0.2) is 32.4 Å². The van der Waals surface area contributed by atoms with Gasteiger partial charge < -0.3 is 19.6 Å². The van der Waals surface area contributed by atoms with Crippen LogP contribution in [0.4, 0.5) is 14.5 Å². The fourth-order valence-corrected chi connectivity index (χ4v) is 2.08. The summed E-state index contributed by atoms with van der Waals surface area (Å²) < 4.78 is 33.8. The third-order valence-corrected chi connectivity index (χ3v) is 3.35. The summed E-state index contributed by atoms with van der Waals surface area (Å²) >= 11 is 5.93. The SMILES string of the molecule is COc1cc(C=NOCC(=O)Nc2ccccc2Cl)ccc1OC(F)F. The van der Waals surface area contributed by atoms with Crippen LogP contribution in [0.2, 0.25) is 5.02 Å². The molecule has 0 spiro atoms. The van der Waals surface area contributed by atoms with E-state index in [1.54, 1.807) is 24.3 Å². The second-order valence-corrected chi connectivity index (χ2v) is 5.23. The number of nitrogens with zero attached hydrogens (tertiary/aromatic N) is 1. The highest BCUT2D eigenvalue weighted by Crippen LogP contribution is 2.28. The third kappa shape index (κ3) is 5.89.